The highest BCUT2D eigenvalue weighted by molar-refractivity contribution is 5.64. The largest absolute Gasteiger partial charge is 0.393 e. The van der Waals surface area contributed by atoms with E-state index in [1.165, 1.54) is 6.33 Å². The zero-order chi connectivity index (χ0) is 17.9. The Bertz CT molecular complexity index is 850. The maximum Gasteiger partial charge on any atom is 0.241 e. The number of hydrogen-bond donors (Lipinski definition) is 1. The SMILES string of the molecule is C[C@@H]1CN(Cc2nc(-c3ccc(-c4ccncn4)cc3)no2)CC[C@@H]1O. The molecule has 1 fully saturated rings. The first-order chi connectivity index (χ1) is 12.7. The van der Waals surface area contributed by atoms with Gasteiger partial charge in [0.1, 0.15) is 6.33 Å². The average molecular weight is 351 g/mol. The van der Waals surface area contributed by atoms with Crippen LogP contribution in [0.4, 0.5) is 0 Å². The van der Waals surface area contributed by atoms with Gasteiger partial charge in [-0.15, -0.1) is 0 Å². The van der Waals surface area contributed by atoms with Crippen LogP contribution in [0.1, 0.15) is 19.2 Å². The summed E-state index contributed by atoms with van der Waals surface area (Å²) < 4.78 is 5.41. The molecule has 7 heteroatoms. The summed E-state index contributed by atoms with van der Waals surface area (Å²) in [5, 5.41) is 13.9. The lowest BCUT2D eigenvalue weighted by Crippen LogP contribution is -2.41. The van der Waals surface area contributed by atoms with Gasteiger partial charge < -0.3 is 9.63 Å². The molecule has 26 heavy (non-hydrogen) atoms. The highest BCUT2D eigenvalue weighted by atomic mass is 16.5. The third-order valence-electron chi connectivity index (χ3n) is 4.79. The molecular formula is C19H21N5O2. The van der Waals surface area contributed by atoms with Crippen molar-refractivity contribution in [1.29, 1.82) is 0 Å². The molecule has 4 rings (SSSR count). The van der Waals surface area contributed by atoms with E-state index in [2.05, 4.69) is 31.9 Å². The Hall–Kier alpha value is -2.64. The normalized spacial score (nSPS) is 21.0. The van der Waals surface area contributed by atoms with Crippen molar-refractivity contribution in [1.82, 2.24) is 25.0 Å². The van der Waals surface area contributed by atoms with Crippen molar-refractivity contribution >= 4 is 0 Å². The van der Waals surface area contributed by atoms with Gasteiger partial charge in [-0.2, -0.15) is 4.98 Å². The van der Waals surface area contributed by atoms with E-state index in [9.17, 15) is 5.11 Å². The fourth-order valence-electron chi connectivity index (χ4n) is 3.24. The molecule has 7 nitrogen and oxygen atoms in total. The Morgan fingerprint density at radius 1 is 1.19 bits per heavy atom. The number of likely N-dealkylation sites (tertiary alicyclic amines) is 1. The summed E-state index contributed by atoms with van der Waals surface area (Å²) in [6.45, 7) is 4.36. The Balaban J connectivity index is 1.44. The third kappa shape index (κ3) is 3.63. The number of piperidine rings is 1. The average Bonchev–Trinajstić information content (AvgIpc) is 3.14. The minimum absolute atomic E-state index is 0.210. The number of benzene rings is 1. The maximum absolute atomic E-state index is 9.83. The van der Waals surface area contributed by atoms with E-state index in [1.807, 2.05) is 30.3 Å². The maximum atomic E-state index is 9.83. The second-order valence-corrected chi connectivity index (χ2v) is 6.75. The molecule has 0 spiro atoms. The highest BCUT2D eigenvalue weighted by Crippen LogP contribution is 2.23. The van der Waals surface area contributed by atoms with Gasteiger partial charge in [-0.1, -0.05) is 36.3 Å². The van der Waals surface area contributed by atoms with Gasteiger partial charge in [0.25, 0.3) is 0 Å². The molecule has 3 aromatic rings. The molecular weight excluding hydrogens is 330 g/mol. The van der Waals surface area contributed by atoms with Crippen molar-refractivity contribution in [3.8, 4) is 22.6 Å². The molecule has 1 N–H and O–H groups in total. The fraction of sp³-hybridized carbons (Fsp3) is 0.368. The minimum atomic E-state index is -0.210. The van der Waals surface area contributed by atoms with Gasteiger partial charge in [-0.3, -0.25) is 4.90 Å². The molecule has 2 aromatic heterocycles. The first-order valence-electron chi connectivity index (χ1n) is 8.79. The van der Waals surface area contributed by atoms with Crippen molar-refractivity contribution < 1.29 is 9.63 Å². The van der Waals surface area contributed by atoms with Gasteiger partial charge in [0, 0.05) is 30.4 Å². The topological polar surface area (TPSA) is 88.2 Å². The van der Waals surface area contributed by atoms with E-state index in [4.69, 9.17) is 4.52 Å². The summed E-state index contributed by atoms with van der Waals surface area (Å²) in [6, 6.07) is 9.78. The Morgan fingerprint density at radius 3 is 2.73 bits per heavy atom. The van der Waals surface area contributed by atoms with Gasteiger partial charge in [-0.05, 0) is 18.4 Å². The van der Waals surface area contributed by atoms with Gasteiger partial charge in [-0.25, -0.2) is 9.97 Å². The van der Waals surface area contributed by atoms with Crippen LogP contribution >= 0.6 is 0 Å². The van der Waals surface area contributed by atoms with Gasteiger partial charge in [0.05, 0.1) is 18.3 Å². The molecule has 1 aliphatic rings. The van der Waals surface area contributed by atoms with Crippen LogP contribution < -0.4 is 0 Å². The van der Waals surface area contributed by atoms with Crippen LogP contribution in [0.15, 0.2) is 47.4 Å². The predicted molar refractivity (Wildman–Crippen MR) is 95.8 cm³/mol. The number of nitrogens with zero attached hydrogens (tertiary/aromatic N) is 5. The molecule has 2 atom stereocenters. The van der Waals surface area contributed by atoms with E-state index in [0.29, 0.717) is 18.3 Å². The van der Waals surface area contributed by atoms with E-state index in [0.717, 1.165) is 36.3 Å². The Labute approximate surface area is 151 Å². The summed E-state index contributed by atoms with van der Waals surface area (Å²) in [5.41, 5.74) is 2.79. The van der Waals surface area contributed by atoms with Gasteiger partial charge >= 0.3 is 0 Å². The monoisotopic (exact) mass is 351 g/mol. The van der Waals surface area contributed by atoms with Crippen LogP contribution in [0.5, 0.6) is 0 Å². The van der Waals surface area contributed by atoms with Gasteiger partial charge in [0.15, 0.2) is 0 Å². The minimum Gasteiger partial charge on any atom is -0.393 e. The number of rotatable bonds is 4. The molecule has 1 saturated heterocycles. The molecule has 0 radical (unpaired) electrons. The first kappa shape index (κ1) is 16.8. The number of aliphatic hydroxyl groups excluding tert-OH is 1. The molecule has 0 amide bonds. The Morgan fingerprint density at radius 2 is 2.00 bits per heavy atom. The number of aliphatic hydroxyl groups is 1. The van der Waals surface area contributed by atoms with Crippen molar-refractivity contribution in [2.45, 2.75) is 26.0 Å². The molecule has 0 bridgehead atoms. The summed E-state index contributed by atoms with van der Waals surface area (Å²) in [5.74, 6) is 1.45. The quantitative estimate of drug-likeness (QED) is 0.772. The molecule has 0 saturated carbocycles. The zero-order valence-corrected chi connectivity index (χ0v) is 14.6. The van der Waals surface area contributed by atoms with Crippen molar-refractivity contribution in [3.63, 3.8) is 0 Å². The standard InChI is InChI=1S/C19H21N5O2/c1-13-10-24(9-7-17(13)25)11-18-22-19(23-26-18)15-4-2-14(3-5-15)16-6-8-20-12-21-16/h2-6,8,12-13,17,25H,7,9-11H2,1H3/t13-,17+/m1/s1. The van der Waals surface area contributed by atoms with Gasteiger partial charge in [0.2, 0.25) is 11.7 Å². The summed E-state index contributed by atoms with van der Waals surface area (Å²) in [7, 11) is 0. The van der Waals surface area contributed by atoms with Crippen LogP contribution in [0.2, 0.25) is 0 Å². The van der Waals surface area contributed by atoms with Crippen LogP contribution in [0.25, 0.3) is 22.6 Å². The Kier molecular flexibility index (Phi) is 4.73. The summed E-state index contributed by atoms with van der Waals surface area (Å²) in [4.78, 5) is 14.9. The smallest absolute Gasteiger partial charge is 0.241 e. The molecule has 0 unspecified atom stereocenters. The van der Waals surface area contributed by atoms with Crippen LogP contribution in [-0.2, 0) is 6.54 Å². The zero-order valence-electron chi connectivity index (χ0n) is 14.6. The van der Waals surface area contributed by atoms with E-state index >= 15 is 0 Å². The first-order valence-corrected chi connectivity index (χ1v) is 8.79. The molecule has 134 valence electrons. The van der Waals surface area contributed by atoms with Crippen LogP contribution in [0, 0.1) is 5.92 Å². The molecule has 1 aliphatic heterocycles. The molecule has 1 aromatic carbocycles. The van der Waals surface area contributed by atoms with Crippen molar-refractivity contribution in [3.05, 3.63) is 48.7 Å². The van der Waals surface area contributed by atoms with E-state index in [-0.39, 0.29) is 12.0 Å². The van der Waals surface area contributed by atoms with E-state index in [1.54, 1.807) is 6.20 Å². The molecule has 3 heterocycles. The second kappa shape index (κ2) is 7.31. The lowest BCUT2D eigenvalue weighted by molar-refractivity contribution is 0.0282. The number of hydrogen-bond acceptors (Lipinski definition) is 7. The second-order valence-electron chi connectivity index (χ2n) is 6.75. The predicted octanol–water partition coefficient (Wildman–Crippen LogP) is 2.40. The summed E-state index contributed by atoms with van der Waals surface area (Å²) in [6.07, 6.45) is 3.84. The van der Waals surface area contributed by atoms with Crippen molar-refractivity contribution in [2.75, 3.05) is 13.1 Å². The highest BCUT2D eigenvalue weighted by Gasteiger charge is 2.25. The third-order valence-corrected chi connectivity index (χ3v) is 4.79. The lowest BCUT2D eigenvalue weighted by atomic mass is 9.97. The van der Waals surface area contributed by atoms with Crippen LogP contribution in [0.3, 0.4) is 0 Å². The lowest BCUT2D eigenvalue weighted by Gasteiger charge is -2.33. The molecule has 0 aliphatic carbocycles. The fourth-order valence-corrected chi connectivity index (χ4v) is 3.24. The van der Waals surface area contributed by atoms with E-state index < -0.39 is 0 Å². The number of aromatic nitrogens is 4. The summed E-state index contributed by atoms with van der Waals surface area (Å²) >= 11 is 0. The van der Waals surface area contributed by atoms with Crippen LogP contribution in [-0.4, -0.2) is 49.3 Å². The van der Waals surface area contributed by atoms with Crippen molar-refractivity contribution in [2.24, 2.45) is 5.92 Å².